The van der Waals surface area contributed by atoms with Crippen molar-refractivity contribution in [2.75, 3.05) is 0 Å². The molecule has 0 aromatic heterocycles. The van der Waals surface area contributed by atoms with Gasteiger partial charge in [-0.1, -0.05) is 36.4 Å². The Labute approximate surface area is 82.9 Å². The predicted octanol–water partition coefficient (Wildman–Crippen LogP) is 1.89. The minimum absolute atomic E-state index is 0.0254. The van der Waals surface area contributed by atoms with Crippen molar-refractivity contribution in [1.82, 2.24) is 5.32 Å². The molecule has 1 aromatic carbocycles. The quantitative estimate of drug-likeness (QED) is 0.657. The zero-order chi connectivity index (χ0) is 9.80. The fourth-order valence-corrected chi connectivity index (χ4v) is 1.44. The summed E-state index contributed by atoms with van der Waals surface area (Å²) in [6.45, 7) is 0. The lowest BCUT2D eigenvalue weighted by molar-refractivity contribution is -0.119. The normalized spacial score (nSPS) is 15.0. The highest BCUT2D eigenvalue weighted by Gasteiger charge is 2.05. The van der Waals surface area contributed by atoms with Crippen LogP contribution in [0.5, 0.6) is 0 Å². The van der Waals surface area contributed by atoms with Crippen molar-refractivity contribution in [1.29, 1.82) is 0 Å². The second kappa shape index (κ2) is 3.92. The lowest BCUT2D eigenvalue weighted by Crippen LogP contribution is -2.19. The molecule has 2 nitrogen and oxygen atoms in total. The molecule has 0 aliphatic carbocycles. The van der Waals surface area contributed by atoms with Crippen LogP contribution in [0.4, 0.5) is 0 Å². The number of hydrogen-bond acceptors (Lipinski definition) is 1. The molecule has 70 valence electrons. The molecule has 0 saturated carbocycles. The van der Waals surface area contributed by atoms with Crippen molar-refractivity contribution in [2.24, 2.45) is 0 Å². The number of amides is 1. The van der Waals surface area contributed by atoms with E-state index in [0.717, 1.165) is 11.1 Å². The number of benzene rings is 1. The van der Waals surface area contributed by atoms with E-state index in [2.05, 4.69) is 5.32 Å². The molecule has 0 saturated heterocycles. The monoisotopic (exact) mass is 185 g/mol. The largest absolute Gasteiger partial charge is 0.332 e. The van der Waals surface area contributed by atoms with E-state index >= 15 is 0 Å². The summed E-state index contributed by atoms with van der Waals surface area (Å²) in [5.41, 5.74) is 2.17. The molecule has 0 radical (unpaired) electrons. The molecular weight excluding hydrogens is 174 g/mol. The third-order valence-corrected chi connectivity index (χ3v) is 2.13. The van der Waals surface area contributed by atoms with Crippen LogP contribution in [-0.4, -0.2) is 5.91 Å². The molecule has 1 aliphatic heterocycles. The number of fused-ring (bicyclic) bond motifs is 1. The summed E-state index contributed by atoms with van der Waals surface area (Å²) in [6.07, 6.45) is 7.84. The minimum Gasteiger partial charge on any atom is -0.332 e. The van der Waals surface area contributed by atoms with Gasteiger partial charge in [0, 0.05) is 6.20 Å². The van der Waals surface area contributed by atoms with Gasteiger partial charge < -0.3 is 5.32 Å². The van der Waals surface area contributed by atoms with Crippen LogP contribution in [-0.2, 0) is 11.2 Å². The Balaban J connectivity index is 2.42. The van der Waals surface area contributed by atoms with Gasteiger partial charge in [0.1, 0.15) is 0 Å². The van der Waals surface area contributed by atoms with Crippen molar-refractivity contribution in [3.05, 3.63) is 53.7 Å². The smallest absolute Gasteiger partial charge is 0.228 e. The number of allylic oxidation sites excluding steroid dienone is 2. The first-order valence-electron chi connectivity index (χ1n) is 4.57. The summed E-state index contributed by atoms with van der Waals surface area (Å²) in [5, 5.41) is 2.69. The molecular formula is C12H11NO. The lowest BCUT2D eigenvalue weighted by Gasteiger charge is -2.03. The molecule has 1 amide bonds. The van der Waals surface area contributed by atoms with Crippen LogP contribution >= 0.6 is 0 Å². The summed E-state index contributed by atoms with van der Waals surface area (Å²) in [4.78, 5) is 11.4. The van der Waals surface area contributed by atoms with E-state index in [1.54, 1.807) is 6.20 Å². The number of hydrogen-bond donors (Lipinski definition) is 1. The van der Waals surface area contributed by atoms with E-state index in [9.17, 15) is 4.79 Å². The molecule has 14 heavy (non-hydrogen) atoms. The topological polar surface area (TPSA) is 29.1 Å². The van der Waals surface area contributed by atoms with Gasteiger partial charge in [-0.25, -0.2) is 0 Å². The number of carbonyl (C=O) groups excluding carboxylic acids is 1. The van der Waals surface area contributed by atoms with Crippen molar-refractivity contribution in [2.45, 2.75) is 6.42 Å². The van der Waals surface area contributed by atoms with Crippen LogP contribution in [0.25, 0.3) is 6.08 Å². The SMILES string of the molecule is O=C1Cc2ccccc2C=CC=CN1. The van der Waals surface area contributed by atoms with Crippen LogP contribution in [0, 0.1) is 0 Å². The Kier molecular flexibility index (Phi) is 2.45. The molecule has 1 aliphatic rings. The maximum Gasteiger partial charge on any atom is 0.228 e. The van der Waals surface area contributed by atoms with Crippen molar-refractivity contribution >= 4 is 12.0 Å². The zero-order valence-electron chi connectivity index (χ0n) is 7.73. The van der Waals surface area contributed by atoms with Gasteiger partial charge in [0.15, 0.2) is 0 Å². The standard InChI is InChI=1S/C12H11NO/c14-12-9-11-7-2-1-5-10(11)6-3-4-8-13-12/h1-8H,9H2,(H,13,14). The Bertz CT molecular complexity index is 405. The van der Waals surface area contributed by atoms with Crippen molar-refractivity contribution in [3.63, 3.8) is 0 Å². The van der Waals surface area contributed by atoms with E-state index in [0.29, 0.717) is 6.42 Å². The Hall–Kier alpha value is -1.83. The highest BCUT2D eigenvalue weighted by atomic mass is 16.1. The van der Waals surface area contributed by atoms with E-state index in [1.807, 2.05) is 42.5 Å². The van der Waals surface area contributed by atoms with Crippen LogP contribution in [0.1, 0.15) is 11.1 Å². The number of rotatable bonds is 0. The molecule has 2 rings (SSSR count). The molecule has 0 spiro atoms. The average molecular weight is 185 g/mol. The minimum atomic E-state index is 0.0254. The predicted molar refractivity (Wildman–Crippen MR) is 56.5 cm³/mol. The first kappa shape index (κ1) is 8.75. The van der Waals surface area contributed by atoms with Gasteiger partial charge in [0.2, 0.25) is 5.91 Å². The first-order valence-corrected chi connectivity index (χ1v) is 4.57. The van der Waals surface area contributed by atoms with E-state index < -0.39 is 0 Å². The van der Waals surface area contributed by atoms with Gasteiger partial charge in [0.05, 0.1) is 6.42 Å². The summed E-state index contributed by atoms with van der Waals surface area (Å²) < 4.78 is 0. The van der Waals surface area contributed by atoms with Crippen LogP contribution in [0.2, 0.25) is 0 Å². The highest BCUT2D eigenvalue weighted by Crippen LogP contribution is 2.12. The molecule has 0 bridgehead atoms. The summed E-state index contributed by atoms with van der Waals surface area (Å²) in [5.74, 6) is 0.0254. The fraction of sp³-hybridized carbons (Fsp3) is 0.0833. The maximum atomic E-state index is 11.4. The summed E-state index contributed by atoms with van der Waals surface area (Å²) >= 11 is 0. The van der Waals surface area contributed by atoms with Crippen LogP contribution in [0.3, 0.4) is 0 Å². The van der Waals surface area contributed by atoms with Crippen LogP contribution < -0.4 is 5.32 Å². The zero-order valence-corrected chi connectivity index (χ0v) is 7.73. The Morgan fingerprint density at radius 3 is 2.93 bits per heavy atom. The van der Waals surface area contributed by atoms with E-state index in [1.165, 1.54) is 0 Å². The molecule has 1 N–H and O–H groups in total. The number of carbonyl (C=O) groups is 1. The summed E-state index contributed by atoms with van der Waals surface area (Å²) in [7, 11) is 0. The first-order chi connectivity index (χ1) is 6.86. The third-order valence-electron chi connectivity index (χ3n) is 2.13. The average Bonchev–Trinajstić information content (AvgIpc) is 2.27. The fourth-order valence-electron chi connectivity index (χ4n) is 1.44. The third kappa shape index (κ3) is 1.91. The number of nitrogens with one attached hydrogen (secondary N) is 1. The van der Waals surface area contributed by atoms with Gasteiger partial charge in [-0.05, 0) is 17.2 Å². The van der Waals surface area contributed by atoms with Crippen LogP contribution in [0.15, 0.2) is 42.6 Å². The molecule has 1 heterocycles. The Morgan fingerprint density at radius 2 is 2.00 bits per heavy atom. The molecule has 0 atom stereocenters. The Morgan fingerprint density at radius 1 is 1.14 bits per heavy atom. The van der Waals surface area contributed by atoms with Gasteiger partial charge in [-0.2, -0.15) is 0 Å². The molecule has 1 aromatic rings. The summed E-state index contributed by atoms with van der Waals surface area (Å²) in [6, 6.07) is 7.91. The molecule has 2 heteroatoms. The van der Waals surface area contributed by atoms with E-state index in [-0.39, 0.29) is 5.91 Å². The van der Waals surface area contributed by atoms with Gasteiger partial charge in [0.25, 0.3) is 0 Å². The lowest BCUT2D eigenvalue weighted by atomic mass is 10.0. The van der Waals surface area contributed by atoms with Gasteiger partial charge >= 0.3 is 0 Å². The highest BCUT2D eigenvalue weighted by molar-refractivity contribution is 5.81. The maximum absolute atomic E-state index is 11.4. The van der Waals surface area contributed by atoms with Crippen molar-refractivity contribution < 1.29 is 4.79 Å². The van der Waals surface area contributed by atoms with Crippen molar-refractivity contribution in [3.8, 4) is 0 Å². The van der Waals surface area contributed by atoms with E-state index in [4.69, 9.17) is 0 Å². The second-order valence-corrected chi connectivity index (χ2v) is 3.16. The second-order valence-electron chi connectivity index (χ2n) is 3.16. The van der Waals surface area contributed by atoms with Gasteiger partial charge in [-0.15, -0.1) is 0 Å². The molecule has 0 unspecified atom stereocenters. The van der Waals surface area contributed by atoms with Gasteiger partial charge in [-0.3, -0.25) is 4.79 Å². The molecule has 0 fully saturated rings.